The van der Waals surface area contributed by atoms with Gasteiger partial charge in [0.25, 0.3) is 0 Å². The molecule has 0 amide bonds. The fraction of sp³-hybridized carbons (Fsp3) is 0.273. The van der Waals surface area contributed by atoms with Crippen molar-refractivity contribution in [2.45, 2.75) is 19.2 Å². The van der Waals surface area contributed by atoms with E-state index in [1.165, 1.54) is 19.1 Å². The van der Waals surface area contributed by atoms with Gasteiger partial charge >= 0.3 is 6.18 Å². The Balaban J connectivity index is 2.48. The van der Waals surface area contributed by atoms with E-state index in [1.807, 2.05) is 0 Å². The lowest BCUT2D eigenvalue weighted by Gasteiger charge is -2.08. The second-order valence-corrected chi connectivity index (χ2v) is 3.81. The van der Waals surface area contributed by atoms with Crippen molar-refractivity contribution in [1.29, 1.82) is 0 Å². The molecule has 2 rings (SSSR count). The van der Waals surface area contributed by atoms with Crippen LogP contribution in [-0.4, -0.2) is 20.5 Å². The van der Waals surface area contributed by atoms with Crippen LogP contribution in [0.5, 0.6) is 0 Å². The summed E-state index contributed by atoms with van der Waals surface area (Å²) in [7, 11) is 0. The van der Waals surface area contributed by atoms with Gasteiger partial charge in [0.1, 0.15) is 11.4 Å². The Bertz CT molecular complexity index is 548. The molecule has 0 aliphatic heterocycles. The van der Waals surface area contributed by atoms with E-state index in [4.69, 9.17) is 0 Å². The summed E-state index contributed by atoms with van der Waals surface area (Å²) in [5, 5.41) is 19.2. The molecule has 2 aromatic rings. The molecule has 0 fully saturated rings. The first-order chi connectivity index (χ1) is 8.39. The summed E-state index contributed by atoms with van der Waals surface area (Å²) in [6.45, 7) is 1.47. The Kier molecular flexibility index (Phi) is 3.08. The van der Waals surface area contributed by atoms with Gasteiger partial charge in [-0.05, 0) is 19.1 Å². The number of alkyl halides is 3. The van der Waals surface area contributed by atoms with Gasteiger partial charge in [0.15, 0.2) is 0 Å². The highest BCUT2D eigenvalue weighted by atomic mass is 19.4. The number of nitrogens with zero attached hydrogens (tertiary/aromatic N) is 2. The normalized spacial score (nSPS) is 13.6. The molecule has 0 bridgehead atoms. The molecule has 0 saturated heterocycles. The zero-order valence-electron chi connectivity index (χ0n) is 9.36. The number of benzene rings is 1. The first-order valence-electron chi connectivity index (χ1n) is 5.16. The molecule has 0 radical (unpaired) electrons. The number of halogens is 3. The monoisotopic (exact) mass is 257 g/mol. The molecule has 0 saturated carbocycles. The second-order valence-electron chi connectivity index (χ2n) is 3.81. The summed E-state index contributed by atoms with van der Waals surface area (Å²) in [4.78, 5) is 0. The number of aromatic nitrogens is 3. The van der Waals surface area contributed by atoms with Crippen LogP contribution in [0.4, 0.5) is 13.2 Å². The van der Waals surface area contributed by atoms with Crippen LogP contribution in [0.2, 0.25) is 0 Å². The number of rotatable bonds is 2. The van der Waals surface area contributed by atoms with E-state index >= 15 is 0 Å². The van der Waals surface area contributed by atoms with Crippen LogP contribution >= 0.6 is 0 Å². The van der Waals surface area contributed by atoms with E-state index in [9.17, 15) is 18.3 Å². The summed E-state index contributed by atoms with van der Waals surface area (Å²) in [6.07, 6.45) is -5.32. The third kappa shape index (κ3) is 2.35. The van der Waals surface area contributed by atoms with Crippen molar-refractivity contribution < 1.29 is 18.3 Å². The third-order valence-corrected chi connectivity index (χ3v) is 2.43. The van der Waals surface area contributed by atoms with Crippen LogP contribution in [0, 0.1) is 0 Å². The first kappa shape index (κ1) is 12.6. The van der Waals surface area contributed by atoms with Gasteiger partial charge in [0, 0.05) is 5.56 Å². The van der Waals surface area contributed by atoms with Crippen LogP contribution in [0.25, 0.3) is 11.3 Å². The molecular weight excluding hydrogens is 247 g/mol. The van der Waals surface area contributed by atoms with E-state index < -0.39 is 17.8 Å². The minimum absolute atomic E-state index is 0.217. The molecule has 4 nitrogen and oxygen atoms in total. The van der Waals surface area contributed by atoms with E-state index in [1.54, 1.807) is 0 Å². The average Bonchev–Trinajstić information content (AvgIpc) is 2.77. The molecule has 2 N–H and O–H groups in total. The number of H-pyrrole nitrogens is 1. The Morgan fingerprint density at radius 2 is 2.00 bits per heavy atom. The molecular formula is C11H10F3N3O. The number of aliphatic hydroxyl groups is 1. The van der Waals surface area contributed by atoms with Crippen molar-refractivity contribution in [3.63, 3.8) is 0 Å². The summed E-state index contributed by atoms with van der Waals surface area (Å²) in [5.74, 6) is 0. The summed E-state index contributed by atoms with van der Waals surface area (Å²) in [6, 6.07) is 4.73. The van der Waals surface area contributed by atoms with Crippen LogP contribution in [0.15, 0.2) is 24.3 Å². The number of nitrogens with one attached hydrogen (secondary N) is 1. The topological polar surface area (TPSA) is 61.8 Å². The fourth-order valence-corrected chi connectivity index (χ4v) is 1.59. The maximum atomic E-state index is 12.6. The Labute approximate surface area is 100 Å². The van der Waals surface area contributed by atoms with Crippen molar-refractivity contribution in [1.82, 2.24) is 15.4 Å². The smallest absolute Gasteiger partial charge is 0.387 e. The maximum absolute atomic E-state index is 12.6. The summed E-state index contributed by atoms with van der Waals surface area (Å²) in [5.41, 5.74) is -0.0700. The number of aliphatic hydroxyl groups excluding tert-OH is 1. The lowest BCUT2D eigenvalue weighted by atomic mass is 10.0. The zero-order valence-corrected chi connectivity index (χ0v) is 9.36. The summed E-state index contributed by atoms with van der Waals surface area (Å²) >= 11 is 0. The fourth-order valence-electron chi connectivity index (χ4n) is 1.59. The van der Waals surface area contributed by atoms with Crippen LogP contribution in [0.3, 0.4) is 0 Å². The molecule has 1 heterocycles. The first-order valence-corrected chi connectivity index (χ1v) is 5.16. The highest BCUT2D eigenvalue weighted by Gasteiger charge is 2.31. The molecule has 1 aromatic carbocycles. The standard InChI is InChI=1S/C11H10F3N3O/c1-6(18)9-10(16-17-15-9)7-3-2-4-8(5-7)11(12,13)14/h2-6,18H,1H3,(H,15,16,17). The van der Waals surface area contributed by atoms with Gasteiger partial charge in [-0.3, -0.25) is 0 Å². The maximum Gasteiger partial charge on any atom is 0.416 e. The van der Waals surface area contributed by atoms with Gasteiger partial charge in [0.05, 0.1) is 11.7 Å². The third-order valence-electron chi connectivity index (χ3n) is 2.43. The van der Waals surface area contributed by atoms with Crippen LogP contribution < -0.4 is 0 Å². The molecule has 1 aromatic heterocycles. The van der Waals surface area contributed by atoms with Crippen molar-refractivity contribution in [3.8, 4) is 11.3 Å². The van der Waals surface area contributed by atoms with Crippen molar-refractivity contribution in [3.05, 3.63) is 35.5 Å². The minimum atomic E-state index is -4.41. The number of aromatic amines is 1. The van der Waals surface area contributed by atoms with Crippen molar-refractivity contribution in [2.75, 3.05) is 0 Å². The highest BCUT2D eigenvalue weighted by molar-refractivity contribution is 5.62. The van der Waals surface area contributed by atoms with E-state index in [0.717, 1.165) is 12.1 Å². The predicted octanol–water partition coefficient (Wildman–Crippen LogP) is 2.54. The number of hydrogen-bond acceptors (Lipinski definition) is 3. The molecule has 0 aliphatic rings. The largest absolute Gasteiger partial charge is 0.416 e. The Morgan fingerprint density at radius 3 is 2.61 bits per heavy atom. The van der Waals surface area contributed by atoms with Crippen LogP contribution in [-0.2, 0) is 6.18 Å². The van der Waals surface area contributed by atoms with Crippen molar-refractivity contribution >= 4 is 0 Å². The molecule has 7 heteroatoms. The number of hydrogen-bond donors (Lipinski definition) is 2. The minimum Gasteiger partial charge on any atom is -0.387 e. The lowest BCUT2D eigenvalue weighted by Crippen LogP contribution is -2.05. The molecule has 96 valence electrons. The molecule has 1 unspecified atom stereocenters. The Morgan fingerprint density at radius 1 is 1.28 bits per heavy atom. The quantitative estimate of drug-likeness (QED) is 0.869. The molecule has 18 heavy (non-hydrogen) atoms. The highest BCUT2D eigenvalue weighted by Crippen LogP contribution is 2.32. The summed E-state index contributed by atoms with van der Waals surface area (Å²) < 4.78 is 37.7. The predicted molar refractivity (Wildman–Crippen MR) is 57.5 cm³/mol. The van der Waals surface area contributed by atoms with Gasteiger partial charge in [-0.1, -0.05) is 12.1 Å². The van der Waals surface area contributed by atoms with Gasteiger partial charge in [-0.2, -0.15) is 28.6 Å². The lowest BCUT2D eigenvalue weighted by molar-refractivity contribution is -0.137. The van der Waals surface area contributed by atoms with Crippen LogP contribution in [0.1, 0.15) is 24.3 Å². The molecule has 0 spiro atoms. The van der Waals surface area contributed by atoms with Crippen molar-refractivity contribution in [2.24, 2.45) is 0 Å². The molecule has 0 aliphatic carbocycles. The molecule has 1 atom stereocenters. The second kappa shape index (κ2) is 4.41. The van der Waals surface area contributed by atoms with Gasteiger partial charge in [0.2, 0.25) is 0 Å². The zero-order chi connectivity index (χ0) is 13.3. The Hall–Kier alpha value is -1.89. The van der Waals surface area contributed by atoms with Gasteiger partial charge < -0.3 is 5.11 Å². The van der Waals surface area contributed by atoms with E-state index in [2.05, 4.69) is 15.4 Å². The average molecular weight is 257 g/mol. The van der Waals surface area contributed by atoms with E-state index in [-0.39, 0.29) is 17.0 Å². The van der Waals surface area contributed by atoms with E-state index in [0.29, 0.717) is 0 Å². The van der Waals surface area contributed by atoms with Gasteiger partial charge in [-0.15, -0.1) is 0 Å². The van der Waals surface area contributed by atoms with Gasteiger partial charge in [-0.25, -0.2) is 0 Å². The SMILES string of the molecule is CC(O)c1n[nH]nc1-c1cccc(C(F)(F)F)c1.